The minimum atomic E-state index is -2.95. The van der Waals surface area contributed by atoms with Crippen molar-refractivity contribution in [2.24, 2.45) is 4.99 Å². The van der Waals surface area contributed by atoms with Crippen LogP contribution >= 0.6 is 0 Å². The van der Waals surface area contributed by atoms with Crippen LogP contribution in [0.5, 0.6) is 0 Å². The molecule has 0 radical (unpaired) electrons. The van der Waals surface area contributed by atoms with E-state index in [0.717, 1.165) is 19.4 Å². The predicted molar refractivity (Wildman–Crippen MR) is 88.8 cm³/mol. The van der Waals surface area contributed by atoms with Gasteiger partial charge >= 0.3 is 5.97 Å². The van der Waals surface area contributed by atoms with Gasteiger partial charge in [0.1, 0.15) is 9.84 Å². The van der Waals surface area contributed by atoms with Crippen LogP contribution in [-0.2, 0) is 19.4 Å². The largest absolute Gasteiger partial charge is 0.469 e. The lowest BCUT2D eigenvalue weighted by Crippen LogP contribution is -2.42. The number of hydrogen-bond acceptors (Lipinski definition) is 5. The molecule has 0 saturated carbocycles. The van der Waals surface area contributed by atoms with Gasteiger partial charge in [0.25, 0.3) is 0 Å². The normalized spacial score (nSPS) is 13.5. The molecule has 8 heteroatoms. The minimum Gasteiger partial charge on any atom is -0.469 e. The van der Waals surface area contributed by atoms with Crippen LogP contribution in [0.2, 0.25) is 0 Å². The molecule has 0 heterocycles. The summed E-state index contributed by atoms with van der Waals surface area (Å²) in [5.74, 6) is 0.615. The zero-order valence-electron chi connectivity index (χ0n) is 14.0. The summed E-state index contributed by atoms with van der Waals surface area (Å²) < 4.78 is 26.9. The predicted octanol–water partition coefficient (Wildman–Crippen LogP) is 0.708. The fourth-order valence-corrected chi connectivity index (χ4v) is 2.47. The van der Waals surface area contributed by atoms with E-state index in [9.17, 15) is 13.2 Å². The van der Waals surface area contributed by atoms with Gasteiger partial charge in [0.2, 0.25) is 0 Å². The maximum absolute atomic E-state index is 11.2. The lowest BCUT2D eigenvalue weighted by molar-refractivity contribution is -0.140. The molecule has 22 heavy (non-hydrogen) atoms. The van der Waals surface area contributed by atoms with Gasteiger partial charge in [-0.25, -0.2) is 8.42 Å². The van der Waals surface area contributed by atoms with Crippen LogP contribution in [0.1, 0.15) is 39.5 Å². The van der Waals surface area contributed by atoms with E-state index in [4.69, 9.17) is 0 Å². The smallest absolute Gasteiger partial charge is 0.305 e. The highest BCUT2D eigenvalue weighted by atomic mass is 32.2. The highest BCUT2D eigenvalue weighted by molar-refractivity contribution is 7.90. The fourth-order valence-electron chi connectivity index (χ4n) is 1.69. The molecule has 1 unspecified atom stereocenters. The fraction of sp³-hybridized carbons (Fsp3) is 0.857. The molecule has 0 spiro atoms. The summed E-state index contributed by atoms with van der Waals surface area (Å²) in [5, 5.41) is 6.30. The maximum Gasteiger partial charge on any atom is 0.305 e. The molecule has 7 nitrogen and oxygen atoms in total. The Balaban J connectivity index is 4.17. The van der Waals surface area contributed by atoms with E-state index >= 15 is 0 Å². The number of carbonyl (C=O) groups is 1. The first-order valence-electron chi connectivity index (χ1n) is 7.58. The van der Waals surface area contributed by atoms with Crippen molar-refractivity contribution in [1.82, 2.24) is 10.6 Å². The molecule has 1 atom stereocenters. The summed E-state index contributed by atoms with van der Waals surface area (Å²) in [6, 6.07) is 0.0163. The van der Waals surface area contributed by atoms with Crippen molar-refractivity contribution in [2.45, 2.75) is 45.6 Å². The third kappa shape index (κ3) is 12.4. The molecule has 0 aliphatic heterocycles. The average Bonchev–Trinajstić information content (AvgIpc) is 2.43. The number of ether oxygens (including phenoxy) is 1. The third-order valence-electron chi connectivity index (χ3n) is 2.94. The van der Waals surface area contributed by atoms with E-state index in [1.54, 1.807) is 0 Å². The summed E-state index contributed by atoms with van der Waals surface area (Å²) in [4.78, 5) is 15.4. The van der Waals surface area contributed by atoms with Crippen LogP contribution in [0, 0.1) is 0 Å². The molecule has 0 rings (SSSR count). The third-order valence-corrected chi connectivity index (χ3v) is 3.91. The quantitative estimate of drug-likeness (QED) is 0.264. The number of methoxy groups -OCH3 is 1. The number of carbonyl (C=O) groups excluding carboxylic acids is 1. The Morgan fingerprint density at radius 2 is 2.00 bits per heavy atom. The van der Waals surface area contributed by atoms with Crippen LogP contribution in [-0.4, -0.2) is 58.6 Å². The molecule has 130 valence electrons. The minimum absolute atomic E-state index is 0.0163. The van der Waals surface area contributed by atoms with Gasteiger partial charge in [-0.3, -0.25) is 9.79 Å². The molecule has 0 fully saturated rings. The molecule has 0 saturated heterocycles. The summed E-state index contributed by atoms with van der Waals surface area (Å²) in [6.45, 7) is 5.23. The van der Waals surface area contributed by atoms with E-state index in [2.05, 4.69) is 20.4 Å². The van der Waals surface area contributed by atoms with Crippen LogP contribution in [0.4, 0.5) is 0 Å². The van der Waals surface area contributed by atoms with Crippen LogP contribution in [0.15, 0.2) is 4.99 Å². The van der Waals surface area contributed by atoms with Crippen molar-refractivity contribution >= 4 is 21.8 Å². The molecular formula is C14H29N3O4S. The molecule has 0 aromatic heterocycles. The Bertz CT molecular complexity index is 449. The highest BCUT2D eigenvalue weighted by Gasteiger charge is 2.09. The first-order chi connectivity index (χ1) is 10.3. The number of aliphatic imine (C=N–C) groups is 1. The average molecular weight is 335 g/mol. The number of nitrogens with one attached hydrogen (secondary N) is 2. The second kappa shape index (κ2) is 11.3. The summed E-state index contributed by atoms with van der Waals surface area (Å²) >= 11 is 0. The Morgan fingerprint density at radius 3 is 2.55 bits per heavy atom. The Labute approximate surface area is 133 Å². The zero-order valence-corrected chi connectivity index (χ0v) is 14.8. The molecule has 0 aromatic rings. The van der Waals surface area contributed by atoms with E-state index in [1.807, 2.05) is 13.8 Å². The monoisotopic (exact) mass is 335 g/mol. The van der Waals surface area contributed by atoms with Crippen LogP contribution in [0.3, 0.4) is 0 Å². The molecule has 0 aliphatic rings. The summed E-state index contributed by atoms with van der Waals surface area (Å²) in [5.41, 5.74) is 0. The number of unbranched alkanes of at least 4 members (excludes halogenated alkanes) is 1. The second-order valence-corrected chi connectivity index (χ2v) is 7.52. The second-order valence-electron chi connectivity index (χ2n) is 5.26. The Hall–Kier alpha value is -1.31. The standard InChI is InChI=1S/C14H29N3O4S/c1-5-15-14(16-10-7-6-8-13(18)21-3)17-12(2)9-11-22(4,19)20/h12H,5-11H2,1-4H3,(H2,15,16,17). The van der Waals surface area contributed by atoms with Crippen molar-refractivity contribution in [2.75, 3.05) is 32.2 Å². The van der Waals surface area contributed by atoms with Gasteiger partial charge in [0, 0.05) is 31.8 Å². The van der Waals surface area contributed by atoms with Gasteiger partial charge < -0.3 is 15.4 Å². The van der Waals surface area contributed by atoms with E-state index in [0.29, 0.717) is 25.3 Å². The van der Waals surface area contributed by atoms with Gasteiger partial charge in [0.05, 0.1) is 12.9 Å². The summed E-state index contributed by atoms with van der Waals surface area (Å²) in [6.07, 6.45) is 3.70. The van der Waals surface area contributed by atoms with E-state index in [1.165, 1.54) is 13.4 Å². The van der Waals surface area contributed by atoms with Gasteiger partial charge in [-0.1, -0.05) is 0 Å². The highest BCUT2D eigenvalue weighted by Crippen LogP contribution is 1.98. The van der Waals surface area contributed by atoms with Crippen molar-refractivity contribution in [1.29, 1.82) is 0 Å². The first-order valence-corrected chi connectivity index (χ1v) is 9.64. The maximum atomic E-state index is 11.2. The van der Waals surface area contributed by atoms with Gasteiger partial charge in [0.15, 0.2) is 5.96 Å². The molecule has 2 N–H and O–H groups in total. The number of rotatable bonds is 10. The zero-order chi connectivity index (χ0) is 17.0. The molecular weight excluding hydrogens is 306 g/mol. The topological polar surface area (TPSA) is 96.9 Å². The molecule has 0 aliphatic carbocycles. The molecule has 0 bridgehead atoms. The van der Waals surface area contributed by atoms with E-state index in [-0.39, 0.29) is 17.8 Å². The van der Waals surface area contributed by atoms with Gasteiger partial charge in [-0.2, -0.15) is 0 Å². The van der Waals surface area contributed by atoms with Crippen LogP contribution < -0.4 is 10.6 Å². The lowest BCUT2D eigenvalue weighted by Gasteiger charge is -2.17. The van der Waals surface area contributed by atoms with Crippen molar-refractivity contribution in [3.8, 4) is 0 Å². The Kier molecular flexibility index (Phi) is 10.6. The number of guanidine groups is 1. The van der Waals surface area contributed by atoms with Gasteiger partial charge in [-0.15, -0.1) is 0 Å². The lowest BCUT2D eigenvalue weighted by atomic mass is 10.2. The summed E-state index contributed by atoms with van der Waals surface area (Å²) in [7, 11) is -1.57. The molecule has 0 aromatic carbocycles. The van der Waals surface area contributed by atoms with Gasteiger partial charge in [-0.05, 0) is 33.1 Å². The number of hydrogen-bond donors (Lipinski definition) is 2. The number of esters is 1. The molecule has 0 amide bonds. The van der Waals surface area contributed by atoms with Crippen molar-refractivity contribution in [3.63, 3.8) is 0 Å². The van der Waals surface area contributed by atoms with Crippen molar-refractivity contribution < 1.29 is 17.9 Å². The van der Waals surface area contributed by atoms with Crippen molar-refractivity contribution in [3.05, 3.63) is 0 Å². The van der Waals surface area contributed by atoms with E-state index < -0.39 is 9.84 Å². The Morgan fingerprint density at radius 1 is 1.32 bits per heavy atom. The number of sulfone groups is 1. The first kappa shape index (κ1) is 20.7. The number of nitrogens with zero attached hydrogens (tertiary/aromatic N) is 1. The SMILES string of the molecule is CCNC(=NCCCCC(=O)OC)NC(C)CCS(C)(=O)=O. The van der Waals surface area contributed by atoms with Crippen LogP contribution in [0.25, 0.3) is 0 Å².